The van der Waals surface area contributed by atoms with Crippen LogP contribution in [0, 0.1) is 0 Å². The van der Waals surface area contributed by atoms with Crippen molar-refractivity contribution < 1.29 is 14.7 Å². The predicted molar refractivity (Wildman–Crippen MR) is 62.3 cm³/mol. The molecule has 0 aromatic rings. The number of likely N-dealkylation sites (N-methyl/N-ethyl adjacent to an activating group) is 1. The minimum atomic E-state index is -1.26. The van der Waals surface area contributed by atoms with Crippen LogP contribution in [0.1, 0.15) is 27.7 Å². The van der Waals surface area contributed by atoms with Crippen LogP contribution in [-0.2, 0) is 4.79 Å². The zero-order chi connectivity index (χ0) is 12.9. The van der Waals surface area contributed by atoms with Gasteiger partial charge in [0.2, 0.25) is 0 Å². The molecule has 0 bridgehead atoms. The first-order valence-electron chi connectivity index (χ1n) is 5.15. The van der Waals surface area contributed by atoms with Crippen molar-refractivity contribution >= 4 is 12.0 Å². The number of carboxylic acid groups (broad SMARTS) is 1. The molecule has 5 heteroatoms. The summed E-state index contributed by atoms with van der Waals surface area (Å²) in [5.74, 6) is -1.06. The van der Waals surface area contributed by atoms with E-state index in [9.17, 15) is 9.59 Å². The Morgan fingerprint density at radius 3 is 2.25 bits per heavy atom. The van der Waals surface area contributed by atoms with Gasteiger partial charge in [-0.25, -0.2) is 9.59 Å². The first kappa shape index (κ1) is 14.5. The lowest BCUT2D eigenvalue weighted by Crippen LogP contribution is -2.54. The highest BCUT2D eigenvalue weighted by Crippen LogP contribution is 2.04. The smallest absolute Gasteiger partial charge is 0.328 e. The number of rotatable bonds is 5. The minimum absolute atomic E-state index is 0.391. The average molecular weight is 228 g/mol. The fourth-order valence-electron chi connectivity index (χ4n) is 1.05. The highest BCUT2D eigenvalue weighted by Gasteiger charge is 2.30. The monoisotopic (exact) mass is 228 g/mol. The second-order valence-corrected chi connectivity index (χ2v) is 4.33. The van der Waals surface area contributed by atoms with Gasteiger partial charge in [-0.3, -0.25) is 0 Å². The lowest BCUT2D eigenvalue weighted by Gasteiger charge is -2.27. The summed E-state index contributed by atoms with van der Waals surface area (Å²) in [6.45, 7) is 11.2. The van der Waals surface area contributed by atoms with Gasteiger partial charge in [-0.2, -0.15) is 0 Å². The lowest BCUT2D eigenvalue weighted by molar-refractivity contribution is -0.143. The summed E-state index contributed by atoms with van der Waals surface area (Å²) >= 11 is 0. The molecule has 0 spiro atoms. The van der Waals surface area contributed by atoms with E-state index < -0.39 is 17.5 Å². The third-order valence-corrected chi connectivity index (χ3v) is 2.08. The molecule has 0 aliphatic rings. The van der Waals surface area contributed by atoms with Crippen LogP contribution in [0.3, 0.4) is 0 Å². The molecule has 0 aromatic carbocycles. The summed E-state index contributed by atoms with van der Waals surface area (Å²) in [4.78, 5) is 24.1. The van der Waals surface area contributed by atoms with Gasteiger partial charge in [-0.15, -0.1) is 0 Å². The third kappa shape index (κ3) is 4.33. The molecule has 2 amide bonds. The Morgan fingerprint density at radius 2 is 1.94 bits per heavy atom. The van der Waals surface area contributed by atoms with Crippen molar-refractivity contribution in [3.05, 3.63) is 12.2 Å². The molecular weight excluding hydrogens is 208 g/mol. The van der Waals surface area contributed by atoms with E-state index in [4.69, 9.17) is 5.11 Å². The molecule has 0 rings (SSSR count). The van der Waals surface area contributed by atoms with E-state index in [-0.39, 0.29) is 0 Å². The second-order valence-electron chi connectivity index (χ2n) is 4.33. The molecule has 16 heavy (non-hydrogen) atoms. The Morgan fingerprint density at radius 1 is 1.44 bits per heavy atom. The van der Waals surface area contributed by atoms with E-state index in [1.54, 1.807) is 0 Å². The molecule has 5 nitrogen and oxygen atoms in total. The van der Waals surface area contributed by atoms with E-state index in [1.165, 1.54) is 18.7 Å². The molecular formula is C11H20N2O3. The zero-order valence-corrected chi connectivity index (χ0v) is 10.3. The summed E-state index contributed by atoms with van der Waals surface area (Å²) in [6, 6.07) is -0.391. The van der Waals surface area contributed by atoms with Crippen molar-refractivity contribution in [2.75, 3.05) is 13.1 Å². The summed E-state index contributed by atoms with van der Waals surface area (Å²) < 4.78 is 0. The first-order valence-corrected chi connectivity index (χ1v) is 5.15. The molecule has 92 valence electrons. The maximum absolute atomic E-state index is 11.7. The molecule has 0 fully saturated rings. The number of hydrogen-bond donors (Lipinski definition) is 2. The van der Waals surface area contributed by atoms with Crippen molar-refractivity contribution in [1.82, 2.24) is 10.2 Å². The third-order valence-electron chi connectivity index (χ3n) is 2.08. The number of aliphatic carboxylic acids is 1. The predicted octanol–water partition coefficient (Wildman–Crippen LogP) is 1.46. The van der Waals surface area contributed by atoms with Gasteiger partial charge in [0, 0.05) is 13.1 Å². The van der Waals surface area contributed by atoms with Crippen LogP contribution in [0.4, 0.5) is 4.79 Å². The molecule has 0 aliphatic carbocycles. The first-order chi connectivity index (χ1) is 7.20. The lowest BCUT2D eigenvalue weighted by atomic mass is 10.1. The maximum Gasteiger partial charge on any atom is 0.328 e. The second kappa shape index (κ2) is 5.53. The Kier molecular flexibility index (Phi) is 5.01. The number of amides is 2. The van der Waals surface area contributed by atoms with Gasteiger partial charge >= 0.3 is 12.0 Å². The molecule has 0 unspecified atom stereocenters. The zero-order valence-electron chi connectivity index (χ0n) is 10.3. The molecule has 0 saturated carbocycles. The van der Waals surface area contributed by atoms with E-state index in [0.717, 1.165) is 5.57 Å². The highest BCUT2D eigenvalue weighted by atomic mass is 16.4. The van der Waals surface area contributed by atoms with E-state index in [1.807, 2.05) is 13.8 Å². The topological polar surface area (TPSA) is 69.6 Å². The molecule has 0 aromatic heterocycles. The maximum atomic E-state index is 11.7. The number of nitrogens with zero attached hydrogens (tertiary/aromatic N) is 1. The Balaban J connectivity index is 4.54. The Bertz CT molecular complexity index is 298. The SMILES string of the molecule is C=C(C)CN(CC)C(=O)NC(C)(C)C(=O)O. The van der Waals surface area contributed by atoms with Gasteiger partial charge in [0.25, 0.3) is 0 Å². The number of hydrogen-bond acceptors (Lipinski definition) is 2. The van der Waals surface area contributed by atoms with Crippen molar-refractivity contribution in [2.24, 2.45) is 0 Å². The number of carboxylic acids is 1. The number of carbonyl (C=O) groups excluding carboxylic acids is 1. The quantitative estimate of drug-likeness (QED) is 0.700. The van der Waals surface area contributed by atoms with Crippen LogP contribution in [0.5, 0.6) is 0 Å². The van der Waals surface area contributed by atoms with Crippen LogP contribution in [-0.4, -0.2) is 40.6 Å². The van der Waals surface area contributed by atoms with Gasteiger partial charge in [0.05, 0.1) is 0 Å². The van der Waals surface area contributed by atoms with E-state index >= 15 is 0 Å². The number of nitrogens with one attached hydrogen (secondary N) is 1. The van der Waals surface area contributed by atoms with Crippen LogP contribution in [0.15, 0.2) is 12.2 Å². The molecule has 0 atom stereocenters. The number of urea groups is 1. The van der Waals surface area contributed by atoms with Gasteiger partial charge in [0.15, 0.2) is 0 Å². The summed E-state index contributed by atoms with van der Waals surface area (Å²) in [7, 11) is 0. The van der Waals surface area contributed by atoms with Crippen LogP contribution in [0.2, 0.25) is 0 Å². The van der Waals surface area contributed by atoms with Crippen molar-refractivity contribution in [1.29, 1.82) is 0 Å². The molecule has 0 heterocycles. The van der Waals surface area contributed by atoms with Gasteiger partial charge in [-0.05, 0) is 27.7 Å². The Hall–Kier alpha value is -1.52. The normalized spacial score (nSPS) is 10.8. The summed E-state index contributed by atoms with van der Waals surface area (Å²) in [6.07, 6.45) is 0. The minimum Gasteiger partial charge on any atom is -0.480 e. The largest absolute Gasteiger partial charge is 0.480 e. The molecule has 0 radical (unpaired) electrons. The fraction of sp³-hybridized carbons (Fsp3) is 0.636. The summed E-state index contributed by atoms with van der Waals surface area (Å²) in [5.41, 5.74) is -0.412. The average Bonchev–Trinajstić information content (AvgIpc) is 2.12. The number of carbonyl (C=O) groups is 2. The van der Waals surface area contributed by atoms with E-state index in [2.05, 4.69) is 11.9 Å². The van der Waals surface area contributed by atoms with Gasteiger partial charge in [-0.1, -0.05) is 12.2 Å². The molecule has 0 saturated heterocycles. The van der Waals surface area contributed by atoms with Crippen LogP contribution in [0.25, 0.3) is 0 Å². The molecule has 0 aliphatic heterocycles. The Labute approximate surface area is 96.1 Å². The van der Waals surface area contributed by atoms with Crippen molar-refractivity contribution in [3.63, 3.8) is 0 Å². The van der Waals surface area contributed by atoms with Crippen molar-refractivity contribution in [3.8, 4) is 0 Å². The van der Waals surface area contributed by atoms with Crippen LogP contribution < -0.4 is 5.32 Å². The van der Waals surface area contributed by atoms with E-state index in [0.29, 0.717) is 13.1 Å². The standard InChI is InChI=1S/C11H20N2O3/c1-6-13(7-8(2)3)10(16)12-11(4,5)9(14)15/h2,6-7H2,1,3-5H3,(H,12,16)(H,14,15). The van der Waals surface area contributed by atoms with Crippen LogP contribution >= 0.6 is 0 Å². The summed E-state index contributed by atoms with van der Waals surface area (Å²) in [5, 5.41) is 11.3. The van der Waals surface area contributed by atoms with Crippen molar-refractivity contribution in [2.45, 2.75) is 33.2 Å². The van der Waals surface area contributed by atoms with Gasteiger partial charge < -0.3 is 15.3 Å². The van der Waals surface area contributed by atoms with Gasteiger partial charge in [0.1, 0.15) is 5.54 Å². The molecule has 2 N–H and O–H groups in total. The fourth-order valence-corrected chi connectivity index (χ4v) is 1.05. The highest BCUT2D eigenvalue weighted by molar-refractivity contribution is 5.85.